The average Bonchev–Trinajstić information content (AvgIpc) is 2.52. The molecule has 0 saturated heterocycles. The van der Waals surface area contributed by atoms with Crippen LogP contribution in [0, 0.1) is 11.6 Å². The molecule has 0 aliphatic carbocycles. The first-order valence-electron chi connectivity index (χ1n) is 7.54. The smallest absolute Gasteiger partial charge is 0.131 e. The fraction of sp³-hybridized carbons (Fsp3) is 0.333. The van der Waals surface area contributed by atoms with E-state index in [-0.39, 0.29) is 18.2 Å². The van der Waals surface area contributed by atoms with Crippen molar-refractivity contribution in [3.63, 3.8) is 0 Å². The Kier molecular flexibility index (Phi) is 5.69. The minimum atomic E-state index is -0.713. The van der Waals surface area contributed by atoms with Crippen LogP contribution in [0.25, 0.3) is 0 Å². The molecule has 2 rings (SSSR count). The monoisotopic (exact) mass is 321 g/mol. The third kappa shape index (κ3) is 4.50. The van der Waals surface area contributed by atoms with Gasteiger partial charge in [-0.15, -0.1) is 0 Å². The van der Waals surface area contributed by atoms with Crippen molar-refractivity contribution in [2.24, 2.45) is 0 Å². The molecule has 3 nitrogen and oxygen atoms in total. The van der Waals surface area contributed by atoms with Gasteiger partial charge in [0.05, 0.1) is 6.61 Å². The maximum atomic E-state index is 14.2. The lowest BCUT2D eigenvalue weighted by Crippen LogP contribution is -2.42. The minimum Gasteiger partial charge on any atom is -0.508 e. The molecular weight excluding hydrogens is 300 g/mol. The number of aliphatic hydroxyl groups is 1. The molecule has 0 radical (unpaired) electrons. The number of hydrogen-bond donors (Lipinski definition) is 3. The Morgan fingerprint density at radius 1 is 1.09 bits per heavy atom. The molecule has 23 heavy (non-hydrogen) atoms. The molecule has 2 aromatic rings. The highest BCUT2D eigenvalue weighted by Crippen LogP contribution is 2.30. The number of nitrogens with one attached hydrogen (secondary N) is 1. The summed E-state index contributed by atoms with van der Waals surface area (Å²) in [5.74, 6) is -0.925. The minimum absolute atomic E-state index is 0.0636. The van der Waals surface area contributed by atoms with Crippen LogP contribution in [-0.4, -0.2) is 23.4 Å². The number of halogens is 2. The van der Waals surface area contributed by atoms with Crippen molar-refractivity contribution in [1.29, 1.82) is 0 Å². The molecule has 0 aromatic heterocycles. The molecule has 1 atom stereocenters. The lowest BCUT2D eigenvalue weighted by atomic mass is 9.85. The van der Waals surface area contributed by atoms with Crippen LogP contribution >= 0.6 is 0 Å². The Hall–Kier alpha value is -1.98. The maximum absolute atomic E-state index is 14.2. The average molecular weight is 321 g/mol. The molecule has 0 fully saturated rings. The summed E-state index contributed by atoms with van der Waals surface area (Å²) in [5, 5.41) is 21.6. The van der Waals surface area contributed by atoms with E-state index in [4.69, 9.17) is 5.11 Å². The van der Waals surface area contributed by atoms with Crippen molar-refractivity contribution < 1.29 is 19.0 Å². The second kappa shape index (κ2) is 7.53. The number of hydrogen-bond acceptors (Lipinski definition) is 3. The Bertz CT molecular complexity index is 646. The molecule has 0 amide bonds. The highest BCUT2D eigenvalue weighted by atomic mass is 19.1. The van der Waals surface area contributed by atoms with Gasteiger partial charge in [0.25, 0.3) is 0 Å². The standard InChI is InChI=1S/C18H21F2NO2/c1-18(21-10-11-22,16-7-6-15(23)12-17(16)20)9-8-13-2-4-14(19)5-3-13/h2-7,12,21-23H,8-11H2,1H3. The number of rotatable bonds is 7. The molecular formula is C18H21F2NO2. The number of phenolic OH excluding ortho intramolecular Hbond substituents is 1. The summed E-state index contributed by atoms with van der Waals surface area (Å²) in [6.07, 6.45) is 1.18. The van der Waals surface area contributed by atoms with E-state index >= 15 is 0 Å². The molecule has 5 heteroatoms. The van der Waals surface area contributed by atoms with Crippen LogP contribution in [0.5, 0.6) is 5.75 Å². The molecule has 0 aliphatic heterocycles. The summed E-state index contributed by atoms with van der Waals surface area (Å²) < 4.78 is 27.2. The van der Waals surface area contributed by atoms with Gasteiger partial charge in [-0.25, -0.2) is 8.78 Å². The highest BCUT2D eigenvalue weighted by Gasteiger charge is 2.28. The topological polar surface area (TPSA) is 52.5 Å². The summed E-state index contributed by atoms with van der Waals surface area (Å²) in [4.78, 5) is 0. The first-order valence-corrected chi connectivity index (χ1v) is 7.54. The summed E-state index contributed by atoms with van der Waals surface area (Å²) in [5.41, 5.74) is 0.656. The molecule has 0 aliphatic rings. The number of phenols is 1. The van der Waals surface area contributed by atoms with E-state index in [0.717, 1.165) is 11.6 Å². The van der Waals surface area contributed by atoms with Crippen molar-refractivity contribution in [3.05, 3.63) is 65.2 Å². The van der Waals surface area contributed by atoms with Crippen molar-refractivity contribution in [3.8, 4) is 5.75 Å². The van der Waals surface area contributed by atoms with Gasteiger partial charge in [0.1, 0.15) is 17.4 Å². The number of aryl methyl sites for hydroxylation is 1. The first kappa shape index (κ1) is 17.4. The first-order chi connectivity index (χ1) is 10.9. The Labute approximate surface area is 134 Å². The van der Waals surface area contributed by atoms with Crippen LogP contribution in [0.15, 0.2) is 42.5 Å². The zero-order valence-corrected chi connectivity index (χ0v) is 13.0. The summed E-state index contributed by atoms with van der Waals surface area (Å²) in [6.45, 7) is 2.10. The SMILES string of the molecule is CC(CCc1ccc(F)cc1)(NCCO)c1ccc(O)cc1F. The van der Waals surface area contributed by atoms with E-state index < -0.39 is 11.4 Å². The van der Waals surface area contributed by atoms with E-state index in [9.17, 15) is 13.9 Å². The normalized spacial score (nSPS) is 13.7. The summed E-state index contributed by atoms with van der Waals surface area (Å²) in [7, 11) is 0. The predicted octanol–water partition coefficient (Wildman–Crippen LogP) is 3.10. The largest absolute Gasteiger partial charge is 0.508 e. The molecule has 0 spiro atoms. The van der Waals surface area contributed by atoms with E-state index in [2.05, 4.69) is 5.32 Å². The molecule has 0 heterocycles. The molecule has 0 saturated carbocycles. The van der Waals surface area contributed by atoms with Gasteiger partial charge < -0.3 is 15.5 Å². The van der Waals surface area contributed by atoms with E-state index in [0.29, 0.717) is 24.9 Å². The van der Waals surface area contributed by atoms with Gasteiger partial charge in [-0.1, -0.05) is 18.2 Å². The Morgan fingerprint density at radius 2 is 1.78 bits per heavy atom. The molecule has 124 valence electrons. The third-order valence-corrected chi connectivity index (χ3v) is 4.00. The van der Waals surface area contributed by atoms with Gasteiger partial charge in [-0.2, -0.15) is 0 Å². The fourth-order valence-electron chi connectivity index (χ4n) is 2.65. The zero-order chi connectivity index (χ0) is 16.9. The van der Waals surface area contributed by atoms with E-state index in [1.807, 2.05) is 6.92 Å². The van der Waals surface area contributed by atoms with E-state index in [1.54, 1.807) is 18.2 Å². The zero-order valence-electron chi connectivity index (χ0n) is 13.0. The summed E-state index contributed by atoms with van der Waals surface area (Å²) >= 11 is 0. The maximum Gasteiger partial charge on any atom is 0.131 e. The van der Waals surface area contributed by atoms with E-state index in [1.165, 1.54) is 18.2 Å². The van der Waals surface area contributed by atoms with Gasteiger partial charge in [-0.05, 0) is 43.5 Å². The molecule has 1 unspecified atom stereocenters. The lowest BCUT2D eigenvalue weighted by Gasteiger charge is -2.32. The van der Waals surface area contributed by atoms with Crippen LogP contribution in [0.4, 0.5) is 8.78 Å². The van der Waals surface area contributed by atoms with Gasteiger partial charge in [0.2, 0.25) is 0 Å². The van der Waals surface area contributed by atoms with Crippen LogP contribution in [0.2, 0.25) is 0 Å². The number of benzene rings is 2. The van der Waals surface area contributed by atoms with Gasteiger partial charge >= 0.3 is 0 Å². The Morgan fingerprint density at radius 3 is 2.39 bits per heavy atom. The number of aromatic hydroxyl groups is 1. The van der Waals surface area contributed by atoms with Crippen LogP contribution in [-0.2, 0) is 12.0 Å². The molecule has 3 N–H and O–H groups in total. The van der Waals surface area contributed by atoms with Crippen LogP contribution in [0.3, 0.4) is 0 Å². The molecule has 0 bridgehead atoms. The quantitative estimate of drug-likeness (QED) is 0.734. The second-order valence-corrected chi connectivity index (χ2v) is 5.77. The van der Waals surface area contributed by atoms with Crippen molar-refractivity contribution >= 4 is 0 Å². The second-order valence-electron chi connectivity index (χ2n) is 5.77. The predicted molar refractivity (Wildman–Crippen MR) is 85.2 cm³/mol. The van der Waals surface area contributed by atoms with Crippen molar-refractivity contribution in [1.82, 2.24) is 5.32 Å². The lowest BCUT2D eigenvalue weighted by molar-refractivity contribution is 0.249. The summed E-state index contributed by atoms with van der Waals surface area (Å²) in [6, 6.07) is 10.3. The Balaban J connectivity index is 2.22. The van der Waals surface area contributed by atoms with Crippen molar-refractivity contribution in [2.75, 3.05) is 13.2 Å². The van der Waals surface area contributed by atoms with Gasteiger partial charge in [0.15, 0.2) is 0 Å². The van der Waals surface area contributed by atoms with Gasteiger partial charge in [-0.3, -0.25) is 0 Å². The van der Waals surface area contributed by atoms with Crippen LogP contribution in [0.1, 0.15) is 24.5 Å². The highest BCUT2D eigenvalue weighted by molar-refractivity contribution is 5.33. The fourth-order valence-corrected chi connectivity index (χ4v) is 2.65. The van der Waals surface area contributed by atoms with Crippen LogP contribution < -0.4 is 5.32 Å². The number of aliphatic hydroxyl groups excluding tert-OH is 1. The third-order valence-electron chi connectivity index (χ3n) is 4.00. The molecule has 2 aromatic carbocycles. The van der Waals surface area contributed by atoms with Crippen molar-refractivity contribution in [2.45, 2.75) is 25.3 Å². The van der Waals surface area contributed by atoms with Gasteiger partial charge in [0, 0.05) is 23.7 Å².